The standard InChI is InChI=1S/C21H21NO3/c23-19-7-3-1-5-15(19)9-11-17-13-22-14-18(21(17)25)12-10-16-6-2-4-8-20(16)24/h1-12,17-18,22-24H,13-14H2. The molecule has 0 bridgehead atoms. The first-order chi connectivity index (χ1) is 12.1. The molecule has 4 heteroatoms. The molecule has 2 aromatic carbocycles. The van der Waals surface area contributed by atoms with Crippen molar-refractivity contribution in [2.24, 2.45) is 11.8 Å². The summed E-state index contributed by atoms with van der Waals surface area (Å²) in [7, 11) is 0. The Hall–Kier alpha value is -2.85. The third kappa shape index (κ3) is 4.17. The summed E-state index contributed by atoms with van der Waals surface area (Å²) in [6.07, 6.45) is 7.25. The third-order valence-electron chi connectivity index (χ3n) is 4.35. The molecular weight excluding hydrogens is 314 g/mol. The second-order valence-corrected chi connectivity index (χ2v) is 6.11. The molecule has 128 valence electrons. The number of benzene rings is 2. The van der Waals surface area contributed by atoms with Crippen LogP contribution in [0.3, 0.4) is 0 Å². The van der Waals surface area contributed by atoms with Crippen LogP contribution in [-0.2, 0) is 4.79 Å². The molecule has 2 unspecified atom stereocenters. The zero-order chi connectivity index (χ0) is 17.6. The highest BCUT2D eigenvalue weighted by Crippen LogP contribution is 2.22. The molecule has 0 amide bonds. The molecule has 3 rings (SSSR count). The van der Waals surface area contributed by atoms with Gasteiger partial charge in [0.2, 0.25) is 0 Å². The molecule has 2 atom stereocenters. The van der Waals surface area contributed by atoms with Crippen LogP contribution in [0.1, 0.15) is 11.1 Å². The van der Waals surface area contributed by atoms with Gasteiger partial charge in [0, 0.05) is 36.1 Å². The Kier molecular flexibility index (Phi) is 5.31. The van der Waals surface area contributed by atoms with Crippen molar-refractivity contribution < 1.29 is 15.0 Å². The van der Waals surface area contributed by atoms with E-state index in [2.05, 4.69) is 5.32 Å². The number of phenols is 2. The lowest BCUT2D eigenvalue weighted by atomic mass is 9.87. The number of carbonyl (C=O) groups is 1. The van der Waals surface area contributed by atoms with Crippen molar-refractivity contribution in [3.8, 4) is 11.5 Å². The molecule has 25 heavy (non-hydrogen) atoms. The van der Waals surface area contributed by atoms with Crippen molar-refractivity contribution >= 4 is 17.9 Å². The van der Waals surface area contributed by atoms with Gasteiger partial charge in [0.15, 0.2) is 0 Å². The van der Waals surface area contributed by atoms with Crippen LogP contribution in [-0.4, -0.2) is 29.1 Å². The molecule has 0 saturated carbocycles. The summed E-state index contributed by atoms with van der Waals surface area (Å²) in [6, 6.07) is 14.1. The fourth-order valence-electron chi connectivity index (χ4n) is 2.89. The van der Waals surface area contributed by atoms with Crippen LogP contribution in [0.2, 0.25) is 0 Å². The molecule has 1 aliphatic heterocycles. The van der Waals surface area contributed by atoms with Gasteiger partial charge in [-0.05, 0) is 12.1 Å². The van der Waals surface area contributed by atoms with Crippen molar-refractivity contribution in [1.29, 1.82) is 0 Å². The minimum atomic E-state index is -0.243. The minimum Gasteiger partial charge on any atom is -0.507 e. The number of nitrogens with one attached hydrogen (secondary N) is 1. The van der Waals surface area contributed by atoms with Crippen molar-refractivity contribution in [3.63, 3.8) is 0 Å². The van der Waals surface area contributed by atoms with Crippen LogP contribution >= 0.6 is 0 Å². The average molecular weight is 335 g/mol. The maximum Gasteiger partial charge on any atom is 0.149 e. The van der Waals surface area contributed by atoms with Crippen LogP contribution in [0.5, 0.6) is 11.5 Å². The van der Waals surface area contributed by atoms with Crippen LogP contribution in [0.15, 0.2) is 60.7 Å². The highest BCUT2D eigenvalue weighted by molar-refractivity contribution is 5.89. The number of ketones is 1. The number of phenolic OH excluding ortho intramolecular Hbond substituents is 2. The van der Waals surface area contributed by atoms with Gasteiger partial charge in [0.1, 0.15) is 17.3 Å². The van der Waals surface area contributed by atoms with Crippen molar-refractivity contribution in [2.45, 2.75) is 0 Å². The summed E-state index contributed by atoms with van der Waals surface area (Å²) in [4.78, 5) is 12.7. The number of para-hydroxylation sites is 2. The van der Waals surface area contributed by atoms with E-state index in [1.807, 2.05) is 36.4 Å². The van der Waals surface area contributed by atoms with E-state index in [0.717, 1.165) is 0 Å². The molecule has 0 aromatic heterocycles. The van der Waals surface area contributed by atoms with E-state index in [0.29, 0.717) is 24.2 Å². The average Bonchev–Trinajstić information content (AvgIpc) is 2.62. The maximum absolute atomic E-state index is 12.7. The quantitative estimate of drug-likeness (QED) is 0.802. The first-order valence-corrected chi connectivity index (χ1v) is 8.32. The van der Waals surface area contributed by atoms with E-state index < -0.39 is 0 Å². The number of carbonyl (C=O) groups excluding carboxylic acids is 1. The molecule has 4 nitrogen and oxygen atoms in total. The van der Waals surface area contributed by atoms with E-state index in [1.54, 1.807) is 36.4 Å². The number of aromatic hydroxyl groups is 2. The number of rotatable bonds is 4. The lowest BCUT2D eigenvalue weighted by molar-refractivity contribution is -0.125. The molecule has 3 N–H and O–H groups in total. The van der Waals surface area contributed by atoms with E-state index in [9.17, 15) is 15.0 Å². The van der Waals surface area contributed by atoms with Gasteiger partial charge >= 0.3 is 0 Å². The monoisotopic (exact) mass is 335 g/mol. The third-order valence-corrected chi connectivity index (χ3v) is 4.35. The number of Topliss-reactive ketones (excluding diaryl/α,β-unsaturated/α-hetero) is 1. The first kappa shape index (κ1) is 17.0. The Labute approximate surface area is 147 Å². The van der Waals surface area contributed by atoms with E-state index in [4.69, 9.17) is 0 Å². The molecular formula is C21H21NO3. The Balaban J connectivity index is 1.71. The van der Waals surface area contributed by atoms with Gasteiger partial charge < -0.3 is 15.5 Å². The molecule has 1 fully saturated rings. The van der Waals surface area contributed by atoms with E-state index >= 15 is 0 Å². The largest absolute Gasteiger partial charge is 0.507 e. The normalized spacial score (nSPS) is 21.2. The van der Waals surface area contributed by atoms with Crippen molar-refractivity contribution in [1.82, 2.24) is 5.32 Å². The fourth-order valence-corrected chi connectivity index (χ4v) is 2.89. The minimum absolute atomic E-state index is 0.136. The Bertz CT molecular complexity index is 745. The fraction of sp³-hybridized carbons (Fsp3) is 0.190. The smallest absolute Gasteiger partial charge is 0.149 e. The molecule has 0 spiro atoms. The maximum atomic E-state index is 12.7. The summed E-state index contributed by atoms with van der Waals surface area (Å²) >= 11 is 0. The Morgan fingerprint density at radius 3 is 1.68 bits per heavy atom. The summed E-state index contributed by atoms with van der Waals surface area (Å²) in [5.41, 5.74) is 1.39. The summed E-state index contributed by atoms with van der Waals surface area (Å²) in [6.45, 7) is 1.17. The zero-order valence-corrected chi connectivity index (χ0v) is 13.8. The number of piperidine rings is 1. The summed E-state index contributed by atoms with van der Waals surface area (Å²) in [5, 5.41) is 22.9. The number of hydrogen-bond donors (Lipinski definition) is 3. The Morgan fingerprint density at radius 2 is 1.24 bits per heavy atom. The second kappa shape index (κ2) is 7.81. The first-order valence-electron chi connectivity index (χ1n) is 8.32. The van der Waals surface area contributed by atoms with Crippen molar-refractivity contribution in [3.05, 3.63) is 71.8 Å². The van der Waals surface area contributed by atoms with Gasteiger partial charge in [0.05, 0.1) is 0 Å². The van der Waals surface area contributed by atoms with Crippen LogP contribution in [0, 0.1) is 11.8 Å². The zero-order valence-electron chi connectivity index (χ0n) is 13.8. The van der Waals surface area contributed by atoms with E-state index in [-0.39, 0.29) is 29.1 Å². The summed E-state index contributed by atoms with van der Waals surface area (Å²) in [5.74, 6) is 0.0498. The van der Waals surface area contributed by atoms with Crippen LogP contribution in [0.25, 0.3) is 12.2 Å². The van der Waals surface area contributed by atoms with Gasteiger partial charge in [-0.25, -0.2) is 0 Å². The van der Waals surface area contributed by atoms with E-state index in [1.165, 1.54) is 0 Å². The molecule has 1 heterocycles. The highest BCUT2D eigenvalue weighted by atomic mass is 16.3. The second-order valence-electron chi connectivity index (χ2n) is 6.11. The van der Waals surface area contributed by atoms with Gasteiger partial charge in [0.25, 0.3) is 0 Å². The van der Waals surface area contributed by atoms with Crippen LogP contribution < -0.4 is 5.32 Å². The number of hydrogen-bond acceptors (Lipinski definition) is 4. The molecule has 2 aromatic rings. The predicted octanol–water partition coefficient (Wildman–Crippen LogP) is 3.23. The van der Waals surface area contributed by atoms with Crippen LogP contribution in [0.4, 0.5) is 0 Å². The predicted molar refractivity (Wildman–Crippen MR) is 99.1 cm³/mol. The van der Waals surface area contributed by atoms with Gasteiger partial charge in [-0.3, -0.25) is 4.79 Å². The summed E-state index contributed by atoms with van der Waals surface area (Å²) < 4.78 is 0. The van der Waals surface area contributed by atoms with Crippen molar-refractivity contribution in [2.75, 3.05) is 13.1 Å². The molecule has 0 aliphatic carbocycles. The SMILES string of the molecule is O=C1C(C=Cc2ccccc2O)CNCC1C=Cc1ccccc1O. The van der Waals surface area contributed by atoms with Gasteiger partial charge in [-0.2, -0.15) is 0 Å². The van der Waals surface area contributed by atoms with Gasteiger partial charge in [-0.15, -0.1) is 0 Å². The lowest BCUT2D eigenvalue weighted by Crippen LogP contribution is -2.42. The Morgan fingerprint density at radius 1 is 0.800 bits per heavy atom. The molecule has 0 radical (unpaired) electrons. The highest BCUT2D eigenvalue weighted by Gasteiger charge is 2.27. The topological polar surface area (TPSA) is 69.6 Å². The molecule has 1 saturated heterocycles. The lowest BCUT2D eigenvalue weighted by Gasteiger charge is -2.25. The molecule has 1 aliphatic rings. The van der Waals surface area contributed by atoms with Gasteiger partial charge in [-0.1, -0.05) is 60.7 Å².